The number of nitrogens with zero attached hydrogens (tertiary/aromatic N) is 1. The lowest BCUT2D eigenvalue weighted by molar-refractivity contribution is -0.136. The molecule has 3 nitrogen and oxygen atoms in total. The molecule has 0 radical (unpaired) electrons. The van der Waals surface area contributed by atoms with Gasteiger partial charge in [-0.3, -0.25) is 4.79 Å². The number of hydrogen-bond donors (Lipinski definition) is 1. The maximum atomic E-state index is 12.5. The van der Waals surface area contributed by atoms with Gasteiger partial charge in [-0.05, 0) is 31.0 Å². The Kier molecular flexibility index (Phi) is 5.06. The van der Waals surface area contributed by atoms with Gasteiger partial charge in [0.05, 0.1) is 0 Å². The maximum Gasteiger partial charge on any atom is 0.225 e. The van der Waals surface area contributed by atoms with Crippen LogP contribution in [0.1, 0.15) is 24.8 Å². The Morgan fingerprint density at radius 2 is 2.00 bits per heavy atom. The highest BCUT2D eigenvalue weighted by Gasteiger charge is 2.34. The van der Waals surface area contributed by atoms with Crippen LogP contribution in [0, 0.1) is 11.8 Å². The van der Waals surface area contributed by atoms with Gasteiger partial charge in [-0.1, -0.05) is 37.3 Å². The summed E-state index contributed by atoms with van der Waals surface area (Å²) in [7, 11) is 0. The lowest BCUT2D eigenvalue weighted by Crippen LogP contribution is -2.50. The first-order valence-electron chi connectivity index (χ1n) is 7.30. The third-order valence-electron chi connectivity index (χ3n) is 4.68. The molecule has 1 N–H and O–H groups in total. The Hall–Kier alpha value is -1.06. The molecule has 1 amide bonds. The molecule has 20 heavy (non-hydrogen) atoms. The zero-order valence-electron chi connectivity index (χ0n) is 11.9. The van der Waals surface area contributed by atoms with Crippen LogP contribution in [-0.2, 0) is 4.79 Å². The number of hydrogen-bond acceptors (Lipinski definition) is 2. The topological polar surface area (TPSA) is 32.3 Å². The van der Waals surface area contributed by atoms with Crippen LogP contribution >= 0.6 is 12.4 Å². The summed E-state index contributed by atoms with van der Waals surface area (Å²) in [5, 5.41) is 3.25. The van der Waals surface area contributed by atoms with Crippen molar-refractivity contribution < 1.29 is 4.79 Å². The number of amides is 1. The number of benzene rings is 1. The van der Waals surface area contributed by atoms with Crippen molar-refractivity contribution in [1.82, 2.24) is 10.2 Å². The first kappa shape index (κ1) is 15.3. The van der Waals surface area contributed by atoms with E-state index in [9.17, 15) is 4.79 Å². The Morgan fingerprint density at radius 1 is 1.30 bits per heavy atom. The minimum Gasteiger partial charge on any atom is -0.342 e. The summed E-state index contributed by atoms with van der Waals surface area (Å²) in [4.78, 5) is 14.5. The van der Waals surface area contributed by atoms with Crippen molar-refractivity contribution in [1.29, 1.82) is 0 Å². The molecule has 0 spiro atoms. The highest BCUT2D eigenvalue weighted by molar-refractivity contribution is 5.85. The van der Waals surface area contributed by atoms with Crippen molar-refractivity contribution >= 4 is 18.3 Å². The molecule has 0 aliphatic carbocycles. The van der Waals surface area contributed by atoms with Crippen molar-refractivity contribution in [3.8, 4) is 0 Å². The van der Waals surface area contributed by atoms with Crippen LogP contribution in [-0.4, -0.2) is 37.0 Å². The molecule has 1 aromatic rings. The fourth-order valence-electron chi connectivity index (χ4n) is 3.11. The summed E-state index contributed by atoms with van der Waals surface area (Å²) >= 11 is 0. The molecule has 0 bridgehead atoms. The molecule has 0 saturated carbocycles. The van der Waals surface area contributed by atoms with Crippen molar-refractivity contribution in [2.75, 3.05) is 26.2 Å². The lowest BCUT2D eigenvalue weighted by atomic mass is 9.88. The number of carbonyl (C=O) groups is 1. The molecule has 2 fully saturated rings. The quantitative estimate of drug-likeness (QED) is 0.928. The minimum atomic E-state index is 0. The van der Waals surface area contributed by atoms with Gasteiger partial charge in [0.15, 0.2) is 0 Å². The summed E-state index contributed by atoms with van der Waals surface area (Å²) in [6.45, 7) is 5.91. The van der Waals surface area contributed by atoms with E-state index in [0.29, 0.717) is 17.7 Å². The van der Waals surface area contributed by atoms with E-state index < -0.39 is 0 Å². The molecule has 3 rings (SSSR count). The molecule has 2 heterocycles. The van der Waals surface area contributed by atoms with Gasteiger partial charge in [0.2, 0.25) is 5.91 Å². The van der Waals surface area contributed by atoms with E-state index in [1.54, 1.807) is 0 Å². The molecular formula is C16H23ClN2O. The second kappa shape index (κ2) is 6.59. The summed E-state index contributed by atoms with van der Waals surface area (Å²) in [6, 6.07) is 10.6. The van der Waals surface area contributed by atoms with E-state index in [2.05, 4.69) is 41.4 Å². The molecule has 2 aliphatic rings. The Morgan fingerprint density at radius 3 is 2.60 bits per heavy atom. The van der Waals surface area contributed by atoms with Crippen LogP contribution in [0.2, 0.25) is 0 Å². The molecule has 2 aliphatic heterocycles. The Balaban J connectivity index is 0.00000147. The fourth-order valence-corrected chi connectivity index (χ4v) is 3.11. The van der Waals surface area contributed by atoms with Crippen molar-refractivity contribution in [2.45, 2.75) is 19.3 Å². The SMILES string of the molecule is CC(C(=O)N1CCC(c2ccccc2)C1)C1CNC1.Cl. The fraction of sp³-hybridized carbons (Fsp3) is 0.562. The van der Waals surface area contributed by atoms with Crippen LogP contribution in [0.15, 0.2) is 30.3 Å². The van der Waals surface area contributed by atoms with Gasteiger partial charge in [-0.15, -0.1) is 12.4 Å². The number of nitrogens with one attached hydrogen (secondary N) is 1. The van der Waals surface area contributed by atoms with Gasteiger partial charge in [0.1, 0.15) is 0 Å². The van der Waals surface area contributed by atoms with Crippen molar-refractivity contribution in [2.24, 2.45) is 11.8 Å². The zero-order chi connectivity index (χ0) is 13.2. The van der Waals surface area contributed by atoms with Gasteiger partial charge < -0.3 is 10.2 Å². The van der Waals surface area contributed by atoms with E-state index >= 15 is 0 Å². The summed E-state index contributed by atoms with van der Waals surface area (Å²) < 4.78 is 0. The van der Waals surface area contributed by atoms with Crippen molar-refractivity contribution in [3.05, 3.63) is 35.9 Å². The van der Waals surface area contributed by atoms with Crippen LogP contribution in [0.25, 0.3) is 0 Å². The van der Waals surface area contributed by atoms with Crippen LogP contribution in [0.4, 0.5) is 0 Å². The first-order chi connectivity index (χ1) is 9.25. The molecule has 1 aromatic carbocycles. The second-order valence-corrected chi connectivity index (χ2v) is 5.89. The third-order valence-corrected chi connectivity index (χ3v) is 4.68. The van der Waals surface area contributed by atoms with Gasteiger partial charge >= 0.3 is 0 Å². The van der Waals surface area contributed by atoms with Gasteiger partial charge in [-0.25, -0.2) is 0 Å². The van der Waals surface area contributed by atoms with E-state index in [0.717, 1.165) is 32.6 Å². The molecule has 110 valence electrons. The molecule has 0 aromatic heterocycles. The lowest BCUT2D eigenvalue weighted by Gasteiger charge is -2.34. The highest BCUT2D eigenvalue weighted by atomic mass is 35.5. The van der Waals surface area contributed by atoms with Crippen LogP contribution < -0.4 is 5.32 Å². The zero-order valence-corrected chi connectivity index (χ0v) is 12.7. The molecule has 2 saturated heterocycles. The molecule has 2 atom stereocenters. The van der Waals surface area contributed by atoms with Gasteiger partial charge in [0.25, 0.3) is 0 Å². The van der Waals surface area contributed by atoms with Gasteiger partial charge in [-0.2, -0.15) is 0 Å². The number of halogens is 1. The molecule has 2 unspecified atom stereocenters. The Bertz CT molecular complexity index is 447. The normalized spacial score (nSPS) is 23.9. The number of carbonyl (C=O) groups excluding carboxylic acids is 1. The van der Waals surface area contributed by atoms with E-state index in [1.807, 2.05) is 6.07 Å². The first-order valence-corrected chi connectivity index (χ1v) is 7.30. The van der Waals surface area contributed by atoms with Crippen LogP contribution in [0.3, 0.4) is 0 Å². The van der Waals surface area contributed by atoms with E-state index in [1.165, 1.54) is 5.56 Å². The maximum absolute atomic E-state index is 12.5. The van der Waals surface area contributed by atoms with Gasteiger partial charge in [0, 0.05) is 24.9 Å². The average Bonchev–Trinajstić information content (AvgIpc) is 2.86. The van der Waals surface area contributed by atoms with E-state index in [4.69, 9.17) is 0 Å². The molecule has 4 heteroatoms. The monoisotopic (exact) mass is 294 g/mol. The van der Waals surface area contributed by atoms with E-state index in [-0.39, 0.29) is 18.3 Å². The predicted octanol–water partition coefficient (Wildman–Crippen LogP) is 2.28. The Labute approximate surface area is 127 Å². The third kappa shape index (κ3) is 2.99. The number of rotatable bonds is 3. The number of likely N-dealkylation sites (tertiary alicyclic amines) is 1. The highest BCUT2D eigenvalue weighted by Crippen LogP contribution is 2.29. The average molecular weight is 295 g/mol. The molecular weight excluding hydrogens is 272 g/mol. The largest absolute Gasteiger partial charge is 0.342 e. The standard InChI is InChI=1S/C16H22N2O.ClH/c1-12(15-9-17-10-15)16(19)18-8-7-14(11-18)13-5-3-2-4-6-13;/h2-6,12,14-15,17H,7-11H2,1H3;1H. The smallest absolute Gasteiger partial charge is 0.225 e. The van der Waals surface area contributed by atoms with Crippen molar-refractivity contribution in [3.63, 3.8) is 0 Å². The summed E-state index contributed by atoms with van der Waals surface area (Å²) in [6.07, 6.45) is 1.10. The second-order valence-electron chi connectivity index (χ2n) is 5.89. The summed E-state index contributed by atoms with van der Waals surface area (Å²) in [5.41, 5.74) is 1.37. The van der Waals surface area contributed by atoms with Crippen LogP contribution in [0.5, 0.6) is 0 Å². The summed E-state index contributed by atoms with van der Waals surface area (Å²) in [5.74, 6) is 1.60. The minimum absolute atomic E-state index is 0. The predicted molar refractivity (Wildman–Crippen MR) is 83.2 cm³/mol.